The van der Waals surface area contributed by atoms with Crippen molar-refractivity contribution in [2.45, 2.75) is 38.9 Å². The van der Waals surface area contributed by atoms with Gasteiger partial charge in [0.2, 0.25) is 0 Å². The van der Waals surface area contributed by atoms with Crippen LogP contribution < -0.4 is 16.2 Å². The predicted molar refractivity (Wildman–Crippen MR) is 153 cm³/mol. The largest absolute Gasteiger partial charge is 0.356 e. The number of halogens is 1. The molecule has 4 aromatic rings. The number of carbonyl (C=O) groups excluding carboxylic acids is 1. The Morgan fingerprint density at radius 2 is 2.00 bits per heavy atom. The van der Waals surface area contributed by atoms with Gasteiger partial charge in [0.15, 0.2) is 0 Å². The van der Waals surface area contributed by atoms with E-state index in [0.717, 1.165) is 35.9 Å². The summed E-state index contributed by atoms with van der Waals surface area (Å²) in [5.74, 6) is 6.48. The Bertz CT molecular complexity index is 1610. The van der Waals surface area contributed by atoms with Crippen LogP contribution in [-0.4, -0.2) is 63.1 Å². The lowest BCUT2D eigenvalue weighted by Crippen LogP contribution is -2.44. The molecule has 198 valence electrons. The topological polar surface area (TPSA) is 102 Å². The van der Waals surface area contributed by atoms with Crippen molar-refractivity contribution in [2.75, 3.05) is 32.1 Å². The molecule has 1 aromatic carbocycles. The summed E-state index contributed by atoms with van der Waals surface area (Å²) >= 11 is 0. The summed E-state index contributed by atoms with van der Waals surface area (Å²) in [7, 11) is 3.41. The molecule has 38 heavy (non-hydrogen) atoms. The third kappa shape index (κ3) is 4.85. The summed E-state index contributed by atoms with van der Waals surface area (Å²) in [6.45, 7) is 3.62. The van der Waals surface area contributed by atoms with Crippen molar-refractivity contribution in [2.24, 2.45) is 5.73 Å². The first kappa shape index (κ1) is 27.2. The number of aromatic nitrogens is 4. The number of anilines is 1. The van der Waals surface area contributed by atoms with Crippen LogP contribution in [0, 0.1) is 11.8 Å². The Hall–Kier alpha value is -3.87. The van der Waals surface area contributed by atoms with Crippen molar-refractivity contribution in [3.8, 4) is 11.8 Å². The van der Waals surface area contributed by atoms with Gasteiger partial charge in [0.05, 0.1) is 25.1 Å². The number of piperidine rings is 1. The molecule has 0 radical (unpaired) electrons. The van der Waals surface area contributed by atoms with Gasteiger partial charge in [0.25, 0.3) is 11.5 Å². The normalized spacial score (nSPS) is 15.2. The molecule has 1 saturated heterocycles. The SMILES string of the molecule is CC#CCn1c(N2CCCC(N)C2)c(C(=O)N(C)C)c2ncn(Cc3nccc4ccccc34)c(=O)c21.Cl. The molecule has 0 bridgehead atoms. The molecule has 0 spiro atoms. The number of carbonyl (C=O) groups is 1. The maximum absolute atomic E-state index is 14.0. The summed E-state index contributed by atoms with van der Waals surface area (Å²) in [6.07, 6.45) is 5.09. The summed E-state index contributed by atoms with van der Waals surface area (Å²) in [5, 5.41) is 2.04. The Balaban J connectivity index is 0.00000336. The molecule has 1 amide bonds. The second kappa shape index (κ2) is 11.3. The highest BCUT2D eigenvalue weighted by molar-refractivity contribution is 6.10. The van der Waals surface area contributed by atoms with Gasteiger partial charge >= 0.3 is 0 Å². The molecule has 2 N–H and O–H groups in total. The number of hydrogen-bond acceptors (Lipinski definition) is 6. The molecule has 9 nitrogen and oxygen atoms in total. The summed E-state index contributed by atoms with van der Waals surface area (Å²) in [4.78, 5) is 40.4. The number of fused-ring (bicyclic) bond motifs is 2. The van der Waals surface area contributed by atoms with Crippen molar-refractivity contribution < 1.29 is 4.79 Å². The van der Waals surface area contributed by atoms with Gasteiger partial charge < -0.3 is 20.1 Å². The summed E-state index contributed by atoms with van der Waals surface area (Å²) < 4.78 is 3.41. The van der Waals surface area contributed by atoms with E-state index in [0.29, 0.717) is 29.0 Å². The van der Waals surface area contributed by atoms with Gasteiger partial charge in [-0.3, -0.25) is 19.1 Å². The van der Waals surface area contributed by atoms with E-state index < -0.39 is 0 Å². The van der Waals surface area contributed by atoms with Crippen molar-refractivity contribution in [1.82, 2.24) is 24.0 Å². The van der Waals surface area contributed by atoms with Gasteiger partial charge in [0, 0.05) is 44.8 Å². The second-order valence-corrected chi connectivity index (χ2v) is 9.61. The summed E-state index contributed by atoms with van der Waals surface area (Å²) in [6, 6.07) is 9.90. The monoisotopic (exact) mass is 533 g/mol. The average Bonchev–Trinajstić information content (AvgIpc) is 3.23. The highest BCUT2D eigenvalue weighted by atomic mass is 35.5. The predicted octanol–water partition coefficient (Wildman–Crippen LogP) is 2.87. The van der Waals surface area contributed by atoms with E-state index in [2.05, 4.69) is 26.7 Å². The van der Waals surface area contributed by atoms with Crippen LogP contribution in [0.15, 0.2) is 47.7 Å². The van der Waals surface area contributed by atoms with Crippen molar-refractivity contribution in [3.05, 3.63) is 64.5 Å². The molecule has 0 aliphatic carbocycles. The van der Waals surface area contributed by atoms with Crippen LogP contribution >= 0.6 is 12.4 Å². The number of amides is 1. The van der Waals surface area contributed by atoms with E-state index >= 15 is 0 Å². The smallest absolute Gasteiger partial charge is 0.278 e. The quantitative estimate of drug-likeness (QED) is 0.396. The molecule has 1 aliphatic rings. The van der Waals surface area contributed by atoms with Gasteiger partial charge in [0.1, 0.15) is 22.4 Å². The fourth-order valence-corrected chi connectivity index (χ4v) is 5.10. The van der Waals surface area contributed by atoms with Gasteiger partial charge in [-0.2, -0.15) is 0 Å². The third-order valence-electron chi connectivity index (χ3n) is 6.87. The number of nitrogens with two attached hydrogens (primary N) is 1. The second-order valence-electron chi connectivity index (χ2n) is 9.61. The minimum absolute atomic E-state index is 0. The molecule has 3 aromatic heterocycles. The van der Waals surface area contributed by atoms with Crippen LogP contribution in [0.25, 0.3) is 21.8 Å². The molecule has 1 atom stereocenters. The van der Waals surface area contributed by atoms with Crippen molar-refractivity contribution in [3.63, 3.8) is 0 Å². The standard InChI is InChI=1S/C28H31N7O2.ClH/c1-4-5-15-35-25-24(23(27(36)32(2)3)26(35)33-14-8-10-20(29)16-33)31-18-34(28(25)37)17-22-21-11-7-6-9-19(21)12-13-30-22;/h6-7,9,11-13,18,20H,8,10,14-17,29H2,1-3H3;1H. The van der Waals surface area contributed by atoms with Crippen LogP contribution in [0.1, 0.15) is 35.8 Å². The molecular weight excluding hydrogens is 502 g/mol. The van der Waals surface area contributed by atoms with Crippen LogP contribution in [0.3, 0.4) is 0 Å². The number of pyridine rings is 1. The van der Waals surface area contributed by atoms with E-state index in [4.69, 9.17) is 5.73 Å². The van der Waals surface area contributed by atoms with Gasteiger partial charge in [-0.1, -0.05) is 30.2 Å². The van der Waals surface area contributed by atoms with Crippen LogP contribution in [0.4, 0.5) is 5.82 Å². The first-order chi connectivity index (χ1) is 17.9. The Kier molecular flexibility index (Phi) is 8.05. The average molecular weight is 534 g/mol. The Morgan fingerprint density at radius 3 is 2.74 bits per heavy atom. The minimum atomic E-state index is -0.238. The van der Waals surface area contributed by atoms with E-state index in [-0.39, 0.29) is 43.0 Å². The van der Waals surface area contributed by atoms with Gasteiger partial charge in [-0.15, -0.1) is 18.3 Å². The lowest BCUT2D eigenvalue weighted by Gasteiger charge is -2.33. The molecule has 1 fully saturated rings. The zero-order valence-electron chi connectivity index (χ0n) is 21.8. The Morgan fingerprint density at radius 1 is 1.21 bits per heavy atom. The van der Waals surface area contributed by atoms with Crippen LogP contribution in [0.5, 0.6) is 0 Å². The number of nitrogens with zero attached hydrogens (tertiary/aromatic N) is 6. The number of benzene rings is 1. The van der Waals surface area contributed by atoms with Crippen molar-refractivity contribution >= 4 is 45.9 Å². The molecule has 5 rings (SSSR count). The zero-order chi connectivity index (χ0) is 26.1. The molecule has 1 unspecified atom stereocenters. The van der Waals surface area contributed by atoms with E-state index in [9.17, 15) is 9.59 Å². The zero-order valence-corrected chi connectivity index (χ0v) is 22.7. The highest BCUT2D eigenvalue weighted by Gasteiger charge is 2.32. The van der Waals surface area contributed by atoms with Gasteiger partial charge in [-0.05, 0) is 31.2 Å². The van der Waals surface area contributed by atoms with Crippen molar-refractivity contribution in [1.29, 1.82) is 0 Å². The van der Waals surface area contributed by atoms with Gasteiger partial charge in [-0.25, -0.2) is 4.98 Å². The van der Waals surface area contributed by atoms with E-state index in [1.165, 1.54) is 11.2 Å². The maximum Gasteiger partial charge on any atom is 0.278 e. The maximum atomic E-state index is 14.0. The first-order valence-electron chi connectivity index (χ1n) is 12.5. The molecule has 0 saturated carbocycles. The number of hydrogen-bond donors (Lipinski definition) is 1. The fourth-order valence-electron chi connectivity index (χ4n) is 5.10. The molecule has 1 aliphatic heterocycles. The lowest BCUT2D eigenvalue weighted by atomic mass is 10.1. The summed E-state index contributed by atoms with van der Waals surface area (Å²) in [5.41, 5.74) is 8.02. The third-order valence-corrected chi connectivity index (χ3v) is 6.87. The van der Waals surface area contributed by atoms with Crippen LogP contribution in [-0.2, 0) is 13.1 Å². The number of rotatable bonds is 5. The van der Waals surface area contributed by atoms with Crippen LogP contribution in [0.2, 0.25) is 0 Å². The van der Waals surface area contributed by atoms with E-state index in [1.54, 1.807) is 31.8 Å². The lowest BCUT2D eigenvalue weighted by molar-refractivity contribution is 0.0829. The molecule has 4 heterocycles. The first-order valence-corrected chi connectivity index (χ1v) is 12.5. The van der Waals surface area contributed by atoms with E-state index in [1.807, 2.05) is 34.9 Å². The molecular formula is C28H32ClN7O2. The highest BCUT2D eigenvalue weighted by Crippen LogP contribution is 2.33. The fraction of sp³-hybridized carbons (Fsp3) is 0.357. The Labute approximate surface area is 227 Å². The molecule has 10 heteroatoms. The minimum Gasteiger partial charge on any atom is -0.356 e.